The van der Waals surface area contributed by atoms with Crippen molar-refractivity contribution in [3.8, 4) is 0 Å². The summed E-state index contributed by atoms with van der Waals surface area (Å²) in [5.74, 6) is 0. The molecule has 1 unspecified atom stereocenters. The lowest BCUT2D eigenvalue weighted by Gasteiger charge is -2.28. The van der Waals surface area contributed by atoms with Crippen LogP contribution in [0.25, 0.3) is 0 Å². The van der Waals surface area contributed by atoms with Crippen LogP contribution in [-0.2, 0) is 11.3 Å². The minimum atomic E-state index is -0.715. The molecule has 2 N–H and O–H groups in total. The van der Waals surface area contributed by atoms with E-state index >= 15 is 0 Å². The van der Waals surface area contributed by atoms with Gasteiger partial charge < -0.3 is 15.2 Å². The van der Waals surface area contributed by atoms with Gasteiger partial charge in [0.1, 0.15) is 0 Å². The van der Waals surface area contributed by atoms with Gasteiger partial charge in [-0.25, -0.2) is 0 Å². The lowest BCUT2D eigenvalue weighted by Crippen LogP contribution is -2.36. The fourth-order valence-electron chi connectivity index (χ4n) is 1.84. The van der Waals surface area contributed by atoms with Gasteiger partial charge in [-0.15, -0.1) is 0 Å². The third-order valence-corrected chi connectivity index (χ3v) is 3.44. The van der Waals surface area contributed by atoms with Gasteiger partial charge in [0, 0.05) is 18.5 Å². The Labute approximate surface area is 123 Å². The maximum Gasteiger partial charge on any atom is 0.0849 e. The molecule has 3 nitrogen and oxygen atoms in total. The van der Waals surface area contributed by atoms with Crippen LogP contribution in [0, 0.1) is 5.41 Å². The summed E-state index contributed by atoms with van der Waals surface area (Å²) in [5, 5.41) is 13.4. The van der Waals surface area contributed by atoms with Gasteiger partial charge in [-0.1, -0.05) is 51.1 Å². The maximum absolute atomic E-state index is 9.90. The van der Waals surface area contributed by atoms with Gasteiger partial charge in [0.2, 0.25) is 0 Å². The minimum Gasteiger partial charge on any atom is -0.388 e. The van der Waals surface area contributed by atoms with Gasteiger partial charge in [-0.2, -0.15) is 0 Å². The molecular weight excluding hydrogens is 250 g/mol. The SMILES string of the molecule is CCC(C)(O)COCC(C)(C)CNCc1ccccc1. The molecule has 0 aliphatic heterocycles. The van der Waals surface area contributed by atoms with E-state index in [-0.39, 0.29) is 5.41 Å². The number of rotatable bonds is 9. The van der Waals surface area contributed by atoms with Crippen LogP contribution in [0.1, 0.15) is 39.7 Å². The van der Waals surface area contributed by atoms with E-state index in [0.717, 1.165) is 13.1 Å². The van der Waals surface area contributed by atoms with Gasteiger partial charge in [0.15, 0.2) is 0 Å². The van der Waals surface area contributed by atoms with Crippen molar-refractivity contribution in [2.24, 2.45) is 5.41 Å². The lowest BCUT2D eigenvalue weighted by molar-refractivity contribution is -0.0542. The van der Waals surface area contributed by atoms with E-state index in [1.54, 1.807) is 0 Å². The molecule has 0 heterocycles. The highest BCUT2D eigenvalue weighted by Crippen LogP contribution is 2.16. The molecule has 0 saturated carbocycles. The number of nitrogens with one attached hydrogen (secondary N) is 1. The highest BCUT2D eigenvalue weighted by molar-refractivity contribution is 5.14. The first-order chi connectivity index (χ1) is 9.35. The Morgan fingerprint density at radius 1 is 1.10 bits per heavy atom. The quantitative estimate of drug-likeness (QED) is 0.730. The van der Waals surface area contributed by atoms with E-state index in [0.29, 0.717) is 19.6 Å². The zero-order valence-electron chi connectivity index (χ0n) is 13.3. The first-order valence-electron chi connectivity index (χ1n) is 7.39. The van der Waals surface area contributed by atoms with Crippen molar-refractivity contribution >= 4 is 0 Å². The molecule has 0 saturated heterocycles. The summed E-state index contributed by atoms with van der Waals surface area (Å²) in [6, 6.07) is 10.4. The molecule has 1 atom stereocenters. The van der Waals surface area contributed by atoms with Crippen LogP contribution in [0.5, 0.6) is 0 Å². The molecule has 0 aliphatic rings. The Kier molecular flexibility index (Phi) is 6.66. The summed E-state index contributed by atoms with van der Waals surface area (Å²) in [6.45, 7) is 10.9. The molecular formula is C17H29NO2. The Bertz CT molecular complexity index is 374. The molecule has 20 heavy (non-hydrogen) atoms. The summed E-state index contributed by atoms with van der Waals surface area (Å²) in [4.78, 5) is 0. The number of aliphatic hydroxyl groups is 1. The molecule has 0 aromatic heterocycles. The fourth-order valence-corrected chi connectivity index (χ4v) is 1.84. The molecule has 1 aromatic rings. The first-order valence-corrected chi connectivity index (χ1v) is 7.39. The van der Waals surface area contributed by atoms with Crippen LogP contribution >= 0.6 is 0 Å². The summed E-state index contributed by atoms with van der Waals surface area (Å²) in [5.41, 5.74) is 0.629. The van der Waals surface area contributed by atoms with Crippen molar-refractivity contribution in [3.05, 3.63) is 35.9 Å². The van der Waals surface area contributed by atoms with Gasteiger partial charge >= 0.3 is 0 Å². The molecule has 0 bridgehead atoms. The molecule has 3 heteroatoms. The van der Waals surface area contributed by atoms with Crippen LogP contribution in [0.4, 0.5) is 0 Å². The smallest absolute Gasteiger partial charge is 0.0849 e. The highest BCUT2D eigenvalue weighted by atomic mass is 16.5. The monoisotopic (exact) mass is 279 g/mol. The first kappa shape index (κ1) is 17.2. The second kappa shape index (κ2) is 7.77. The van der Waals surface area contributed by atoms with Crippen LogP contribution in [0.15, 0.2) is 30.3 Å². The molecule has 114 valence electrons. The number of benzene rings is 1. The lowest BCUT2D eigenvalue weighted by atomic mass is 9.94. The van der Waals surface area contributed by atoms with Crippen molar-refractivity contribution in [1.29, 1.82) is 0 Å². The average molecular weight is 279 g/mol. The van der Waals surface area contributed by atoms with Gasteiger partial charge in [0.05, 0.1) is 18.8 Å². The summed E-state index contributed by atoms with van der Waals surface area (Å²) in [7, 11) is 0. The summed E-state index contributed by atoms with van der Waals surface area (Å²) < 4.78 is 5.67. The van der Waals surface area contributed by atoms with E-state index in [4.69, 9.17) is 4.74 Å². The van der Waals surface area contributed by atoms with Crippen molar-refractivity contribution in [3.63, 3.8) is 0 Å². The molecule has 0 fully saturated rings. The molecule has 1 aromatic carbocycles. The average Bonchev–Trinajstić information content (AvgIpc) is 2.39. The standard InChI is InChI=1S/C17H29NO2/c1-5-17(4,19)14-20-13-16(2,3)12-18-11-15-9-7-6-8-10-15/h6-10,18-19H,5,11-14H2,1-4H3. The van der Waals surface area contributed by atoms with Gasteiger partial charge in [-0.05, 0) is 18.9 Å². The Morgan fingerprint density at radius 3 is 2.35 bits per heavy atom. The van der Waals surface area contributed by atoms with Crippen LogP contribution in [-0.4, -0.2) is 30.5 Å². The zero-order chi connectivity index (χ0) is 15.1. The van der Waals surface area contributed by atoms with Crippen LogP contribution < -0.4 is 5.32 Å². The van der Waals surface area contributed by atoms with Crippen molar-refractivity contribution in [2.45, 2.75) is 46.3 Å². The number of ether oxygens (including phenoxy) is 1. The number of hydrogen-bond donors (Lipinski definition) is 2. The largest absolute Gasteiger partial charge is 0.388 e. The zero-order valence-corrected chi connectivity index (χ0v) is 13.3. The Morgan fingerprint density at radius 2 is 1.75 bits per heavy atom. The minimum absolute atomic E-state index is 0.0542. The fraction of sp³-hybridized carbons (Fsp3) is 0.647. The molecule has 0 radical (unpaired) electrons. The van der Waals surface area contributed by atoms with Gasteiger partial charge in [-0.3, -0.25) is 0 Å². The van der Waals surface area contributed by atoms with E-state index < -0.39 is 5.60 Å². The van der Waals surface area contributed by atoms with Crippen molar-refractivity contribution in [2.75, 3.05) is 19.8 Å². The molecule has 0 aliphatic carbocycles. The second-order valence-corrected chi connectivity index (χ2v) is 6.60. The normalized spacial score (nSPS) is 15.1. The predicted molar refractivity (Wildman–Crippen MR) is 83.7 cm³/mol. The maximum atomic E-state index is 9.90. The van der Waals surface area contributed by atoms with E-state index in [1.807, 2.05) is 19.9 Å². The summed E-state index contributed by atoms with van der Waals surface area (Å²) >= 11 is 0. The van der Waals surface area contributed by atoms with E-state index in [1.165, 1.54) is 5.56 Å². The van der Waals surface area contributed by atoms with E-state index in [2.05, 4.69) is 43.4 Å². The summed E-state index contributed by atoms with van der Waals surface area (Å²) in [6.07, 6.45) is 0.708. The van der Waals surface area contributed by atoms with E-state index in [9.17, 15) is 5.11 Å². The second-order valence-electron chi connectivity index (χ2n) is 6.60. The van der Waals surface area contributed by atoms with Gasteiger partial charge in [0.25, 0.3) is 0 Å². The predicted octanol–water partition coefficient (Wildman–Crippen LogP) is 2.98. The van der Waals surface area contributed by atoms with Crippen LogP contribution in [0.2, 0.25) is 0 Å². The molecule has 0 amide bonds. The Balaban J connectivity index is 2.24. The van der Waals surface area contributed by atoms with Crippen LogP contribution in [0.3, 0.4) is 0 Å². The molecule has 0 spiro atoms. The van der Waals surface area contributed by atoms with Crippen molar-refractivity contribution in [1.82, 2.24) is 5.32 Å². The Hall–Kier alpha value is -0.900. The third kappa shape index (κ3) is 7.04. The molecule has 1 rings (SSSR count). The van der Waals surface area contributed by atoms with Crippen molar-refractivity contribution < 1.29 is 9.84 Å². The number of hydrogen-bond acceptors (Lipinski definition) is 3. The third-order valence-electron chi connectivity index (χ3n) is 3.44. The topological polar surface area (TPSA) is 41.5 Å². The highest BCUT2D eigenvalue weighted by Gasteiger charge is 2.22.